The van der Waals surface area contributed by atoms with Crippen LogP contribution in [0.1, 0.15) is 13.8 Å². The molecule has 2 unspecified atom stereocenters. The first-order valence-corrected chi connectivity index (χ1v) is 3.75. The molecule has 0 radical (unpaired) electrons. The Bertz CT molecular complexity index is 257. The molecule has 0 aromatic carbocycles. The zero-order chi connectivity index (χ0) is 9.30. The normalized spacial score (nSPS) is 30.8. The molecule has 1 rings (SSSR count). The fraction of sp³-hybridized carbons (Fsp3) is 0.625. The number of Topliss-reactive ketones (excluding diaryl/α,β-unsaturated/α-hetero) is 1. The van der Waals surface area contributed by atoms with Gasteiger partial charge in [0.1, 0.15) is 0 Å². The molecule has 1 aliphatic rings. The maximum absolute atomic E-state index is 11.3. The third-order valence-corrected chi connectivity index (χ3v) is 1.98. The molecule has 0 saturated carbocycles. The zero-order valence-electron chi connectivity index (χ0n) is 7.33. The van der Waals surface area contributed by atoms with Gasteiger partial charge in [0.15, 0.2) is 17.8 Å². The molecule has 2 atom stereocenters. The standard InChI is InChI=1S/C8H11NO3/c1-4(9-3)6-7(10)5(2)12-8(6)11/h5-6H,1-3H3. The van der Waals surface area contributed by atoms with Gasteiger partial charge in [0.05, 0.1) is 0 Å². The second-order valence-electron chi connectivity index (χ2n) is 2.78. The molecule has 66 valence electrons. The Kier molecular flexibility index (Phi) is 2.26. The summed E-state index contributed by atoms with van der Waals surface area (Å²) in [6, 6.07) is 0. The molecule has 0 N–H and O–H groups in total. The van der Waals surface area contributed by atoms with Crippen LogP contribution in [0.2, 0.25) is 0 Å². The zero-order valence-corrected chi connectivity index (χ0v) is 7.33. The molecule has 1 heterocycles. The molecule has 1 aliphatic heterocycles. The van der Waals surface area contributed by atoms with Crippen LogP contribution in [0.4, 0.5) is 0 Å². The van der Waals surface area contributed by atoms with Crippen molar-refractivity contribution in [2.24, 2.45) is 10.9 Å². The maximum Gasteiger partial charge on any atom is 0.323 e. The Hall–Kier alpha value is -1.19. The van der Waals surface area contributed by atoms with Gasteiger partial charge in [-0.15, -0.1) is 0 Å². The first-order valence-electron chi connectivity index (χ1n) is 3.75. The van der Waals surface area contributed by atoms with Gasteiger partial charge in [-0.1, -0.05) is 0 Å². The number of hydrogen-bond acceptors (Lipinski definition) is 4. The van der Waals surface area contributed by atoms with Crippen molar-refractivity contribution in [2.45, 2.75) is 20.0 Å². The van der Waals surface area contributed by atoms with E-state index in [1.165, 1.54) is 0 Å². The van der Waals surface area contributed by atoms with E-state index in [1.54, 1.807) is 20.9 Å². The van der Waals surface area contributed by atoms with E-state index in [4.69, 9.17) is 4.74 Å². The summed E-state index contributed by atoms with van der Waals surface area (Å²) in [6.07, 6.45) is -0.612. The highest BCUT2D eigenvalue weighted by atomic mass is 16.6. The highest BCUT2D eigenvalue weighted by Gasteiger charge is 2.42. The number of ketones is 1. The Balaban J connectivity index is 2.91. The summed E-state index contributed by atoms with van der Waals surface area (Å²) in [6.45, 7) is 3.23. The van der Waals surface area contributed by atoms with Gasteiger partial charge < -0.3 is 4.74 Å². The molecule has 1 fully saturated rings. The second-order valence-corrected chi connectivity index (χ2v) is 2.78. The van der Waals surface area contributed by atoms with Crippen LogP contribution in [-0.2, 0) is 14.3 Å². The number of carbonyl (C=O) groups excluding carboxylic acids is 2. The third kappa shape index (κ3) is 1.24. The Labute approximate surface area is 70.6 Å². The van der Waals surface area contributed by atoms with E-state index in [2.05, 4.69) is 4.99 Å². The molecule has 4 heteroatoms. The van der Waals surface area contributed by atoms with Crippen LogP contribution in [0.15, 0.2) is 4.99 Å². The summed E-state index contributed by atoms with van der Waals surface area (Å²) in [5, 5.41) is 0. The van der Waals surface area contributed by atoms with Crippen molar-refractivity contribution in [1.29, 1.82) is 0 Å². The lowest BCUT2D eigenvalue weighted by Crippen LogP contribution is -2.25. The lowest BCUT2D eigenvalue weighted by Gasteiger charge is -2.00. The quantitative estimate of drug-likeness (QED) is 0.320. The minimum Gasteiger partial charge on any atom is -0.454 e. The van der Waals surface area contributed by atoms with E-state index >= 15 is 0 Å². The molecule has 0 amide bonds. The van der Waals surface area contributed by atoms with E-state index in [0.717, 1.165) is 0 Å². The fourth-order valence-corrected chi connectivity index (χ4v) is 1.16. The Morgan fingerprint density at radius 3 is 2.42 bits per heavy atom. The first-order chi connectivity index (χ1) is 5.57. The van der Waals surface area contributed by atoms with Gasteiger partial charge in [-0.3, -0.25) is 14.6 Å². The van der Waals surface area contributed by atoms with Crippen LogP contribution < -0.4 is 0 Å². The summed E-state index contributed by atoms with van der Waals surface area (Å²) in [7, 11) is 1.55. The minimum atomic E-state index is -0.759. The molecule has 0 aliphatic carbocycles. The molecular weight excluding hydrogens is 158 g/mol. The summed E-state index contributed by atoms with van der Waals surface area (Å²) < 4.78 is 4.74. The predicted octanol–water partition coefficient (Wildman–Crippen LogP) is 0.208. The summed E-state index contributed by atoms with van der Waals surface area (Å²) in [5.74, 6) is -1.43. The molecule has 0 aromatic heterocycles. The van der Waals surface area contributed by atoms with Crippen LogP contribution in [0.3, 0.4) is 0 Å². The largest absolute Gasteiger partial charge is 0.454 e. The number of ether oxygens (including phenoxy) is 1. The summed E-state index contributed by atoms with van der Waals surface area (Å²) in [4.78, 5) is 26.2. The number of aliphatic imine (C=N–C) groups is 1. The monoisotopic (exact) mass is 169 g/mol. The molecule has 12 heavy (non-hydrogen) atoms. The van der Waals surface area contributed by atoms with E-state index in [-0.39, 0.29) is 5.78 Å². The van der Waals surface area contributed by atoms with Gasteiger partial charge >= 0.3 is 5.97 Å². The molecule has 4 nitrogen and oxygen atoms in total. The van der Waals surface area contributed by atoms with Crippen molar-refractivity contribution >= 4 is 17.5 Å². The van der Waals surface area contributed by atoms with Crippen LogP contribution in [0, 0.1) is 5.92 Å². The van der Waals surface area contributed by atoms with Gasteiger partial charge in [-0.25, -0.2) is 0 Å². The van der Waals surface area contributed by atoms with Gasteiger partial charge in [0.25, 0.3) is 0 Å². The van der Waals surface area contributed by atoms with Gasteiger partial charge in [-0.05, 0) is 13.8 Å². The Morgan fingerprint density at radius 1 is 1.50 bits per heavy atom. The minimum absolute atomic E-state index is 0.192. The van der Waals surface area contributed by atoms with Crippen molar-refractivity contribution in [3.8, 4) is 0 Å². The van der Waals surface area contributed by atoms with Crippen molar-refractivity contribution in [2.75, 3.05) is 7.05 Å². The van der Waals surface area contributed by atoms with Crippen LogP contribution in [0.25, 0.3) is 0 Å². The van der Waals surface area contributed by atoms with E-state index in [9.17, 15) is 9.59 Å². The van der Waals surface area contributed by atoms with Gasteiger partial charge in [-0.2, -0.15) is 0 Å². The number of nitrogens with zero attached hydrogens (tertiary/aromatic N) is 1. The smallest absolute Gasteiger partial charge is 0.323 e. The van der Waals surface area contributed by atoms with Gasteiger partial charge in [0, 0.05) is 12.8 Å². The molecule has 1 saturated heterocycles. The summed E-state index contributed by atoms with van der Waals surface area (Å²) >= 11 is 0. The second kappa shape index (κ2) is 3.05. The van der Waals surface area contributed by atoms with Crippen molar-refractivity contribution in [3.63, 3.8) is 0 Å². The molecular formula is C8H11NO3. The predicted molar refractivity (Wildman–Crippen MR) is 43.1 cm³/mol. The fourth-order valence-electron chi connectivity index (χ4n) is 1.16. The topological polar surface area (TPSA) is 55.7 Å². The molecule has 0 bridgehead atoms. The SMILES string of the molecule is CN=C(C)C1C(=O)OC(C)C1=O. The molecule has 0 spiro atoms. The van der Waals surface area contributed by atoms with Crippen LogP contribution in [0.5, 0.6) is 0 Å². The number of carbonyl (C=O) groups is 2. The van der Waals surface area contributed by atoms with Crippen molar-refractivity contribution < 1.29 is 14.3 Å². The van der Waals surface area contributed by atoms with Crippen LogP contribution in [-0.4, -0.2) is 30.6 Å². The van der Waals surface area contributed by atoms with E-state index < -0.39 is 18.0 Å². The molecule has 0 aromatic rings. The van der Waals surface area contributed by atoms with Crippen LogP contribution >= 0.6 is 0 Å². The van der Waals surface area contributed by atoms with Crippen molar-refractivity contribution in [1.82, 2.24) is 0 Å². The van der Waals surface area contributed by atoms with Crippen molar-refractivity contribution in [3.05, 3.63) is 0 Å². The lowest BCUT2D eigenvalue weighted by atomic mass is 9.99. The summed E-state index contributed by atoms with van der Waals surface area (Å²) in [5.41, 5.74) is 0.523. The average molecular weight is 169 g/mol. The highest BCUT2D eigenvalue weighted by molar-refractivity contribution is 6.22. The number of hydrogen-bond donors (Lipinski definition) is 0. The third-order valence-electron chi connectivity index (χ3n) is 1.98. The number of esters is 1. The first kappa shape index (κ1) is 8.90. The van der Waals surface area contributed by atoms with E-state index in [0.29, 0.717) is 5.71 Å². The Morgan fingerprint density at radius 2 is 2.08 bits per heavy atom. The number of rotatable bonds is 1. The lowest BCUT2D eigenvalue weighted by molar-refractivity contribution is -0.142. The average Bonchev–Trinajstić information content (AvgIpc) is 2.26. The van der Waals surface area contributed by atoms with E-state index in [1.807, 2.05) is 0 Å². The maximum atomic E-state index is 11.3. The highest BCUT2D eigenvalue weighted by Crippen LogP contribution is 2.18. The van der Waals surface area contributed by atoms with Gasteiger partial charge in [0.2, 0.25) is 0 Å². The number of cyclic esters (lactones) is 1.